The largest absolute Gasteiger partial charge is 0.378 e. The van der Waals surface area contributed by atoms with Crippen LogP contribution in [0.2, 0.25) is 0 Å². The second-order valence-electron chi connectivity index (χ2n) is 5.19. The molecule has 0 radical (unpaired) electrons. The van der Waals surface area contributed by atoms with Crippen molar-refractivity contribution in [2.45, 2.75) is 31.4 Å². The number of aryl methyl sites for hydroxylation is 1. The molecule has 1 aromatic carbocycles. The molecule has 0 spiro atoms. The van der Waals surface area contributed by atoms with E-state index in [4.69, 9.17) is 5.73 Å². The summed E-state index contributed by atoms with van der Waals surface area (Å²) in [6.07, 6.45) is 1.40. The number of nitrogens with one attached hydrogen (secondary N) is 1. The first kappa shape index (κ1) is 14.2. The Hall–Kier alpha value is -1.76. The highest BCUT2D eigenvalue weighted by atomic mass is 32.1. The number of nitrogens with two attached hydrogens (primary N) is 1. The van der Waals surface area contributed by atoms with Crippen LogP contribution >= 0.6 is 11.3 Å². The Kier molecular flexibility index (Phi) is 4.01. The molecule has 5 nitrogen and oxygen atoms in total. The van der Waals surface area contributed by atoms with E-state index in [0.29, 0.717) is 10.7 Å². The van der Waals surface area contributed by atoms with Gasteiger partial charge in [0.25, 0.3) is 5.91 Å². The molecule has 6 heteroatoms. The number of hydrogen-bond acceptors (Lipinski definition) is 5. The monoisotopic (exact) mass is 303 g/mol. The number of rotatable bonds is 3. The Labute approximate surface area is 126 Å². The fourth-order valence-corrected chi connectivity index (χ4v) is 3.52. The molecule has 1 unspecified atom stereocenters. The van der Waals surface area contributed by atoms with Crippen molar-refractivity contribution in [3.63, 3.8) is 0 Å². The maximum absolute atomic E-state index is 12.1. The van der Waals surface area contributed by atoms with Crippen LogP contribution in [0, 0.1) is 0 Å². The van der Waals surface area contributed by atoms with Crippen LogP contribution in [0.3, 0.4) is 0 Å². The average molecular weight is 303 g/mol. The zero-order chi connectivity index (χ0) is 14.8. The van der Waals surface area contributed by atoms with Gasteiger partial charge in [0.2, 0.25) is 0 Å². The molecule has 0 fully saturated rings. The molecule has 1 aromatic heterocycles. The van der Waals surface area contributed by atoms with Crippen molar-refractivity contribution in [1.29, 1.82) is 0 Å². The summed E-state index contributed by atoms with van der Waals surface area (Å²) >= 11 is 1.45. The van der Waals surface area contributed by atoms with Crippen LogP contribution in [0.25, 0.3) is 0 Å². The standard InChI is InChI=1S/C15H17N3O2S/c16-10-6-7-11-12(8-10)21-15(17-11)18-14(20)13(19)9-4-2-1-3-5-9/h1-5,10,13,19H,6-8,16H2,(H,17,18,20)/t10-,13?/m0/s1. The molecule has 1 aliphatic rings. The van der Waals surface area contributed by atoms with Crippen molar-refractivity contribution < 1.29 is 9.90 Å². The molecule has 1 amide bonds. The molecule has 110 valence electrons. The van der Waals surface area contributed by atoms with Crippen molar-refractivity contribution in [2.75, 3.05) is 5.32 Å². The van der Waals surface area contributed by atoms with Crippen LogP contribution in [0.5, 0.6) is 0 Å². The van der Waals surface area contributed by atoms with Crippen molar-refractivity contribution >= 4 is 22.4 Å². The number of nitrogens with zero attached hydrogens (tertiary/aromatic N) is 1. The average Bonchev–Trinajstić information content (AvgIpc) is 2.88. The lowest BCUT2D eigenvalue weighted by Crippen LogP contribution is -2.27. The first-order chi connectivity index (χ1) is 10.1. The lowest BCUT2D eigenvalue weighted by molar-refractivity contribution is -0.124. The van der Waals surface area contributed by atoms with Gasteiger partial charge in [-0.25, -0.2) is 4.98 Å². The van der Waals surface area contributed by atoms with Crippen LogP contribution in [0.15, 0.2) is 30.3 Å². The van der Waals surface area contributed by atoms with E-state index < -0.39 is 12.0 Å². The molecule has 21 heavy (non-hydrogen) atoms. The van der Waals surface area contributed by atoms with Crippen LogP contribution < -0.4 is 11.1 Å². The number of thiazole rings is 1. The van der Waals surface area contributed by atoms with E-state index in [1.54, 1.807) is 24.3 Å². The van der Waals surface area contributed by atoms with Gasteiger partial charge in [-0.1, -0.05) is 30.3 Å². The number of aromatic nitrogens is 1. The van der Waals surface area contributed by atoms with Gasteiger partial charge in [0.15, 0.2) is 11.2 Å². The van der Waals surface area contributed by atoms with Crippen LogP contribution in [0.4, 0.5) is 5.13 Å². The van der Waals surface area contributed by atoms with Crippen molar-refractivity contribution in [3.05, 3.63) is 46.5 Å². The van der Waals surface area contributed by atoms with Crippen LogP contribution in [0.1, 0.15) is 28.7 Å². The molecule has 4 N–H and O–H groups in total. The second-order valence-corrected chi connectivity index (χ2v) is 6.28. The molecule has 2 atom stereocenters. The fourth-order valence-electron chi connectivity index (χ4n) is 2.41. The molecule has 0 saturated heterocycles. The van der Waals surface area contributed by atoms with Crippen LogP contribution in [-0.4, -0.2) is 22.0 Å². The first-order valence-corrected chi connectivity index (χ1v) is 7.73. The maximum atomic E-state index is 12.1. The molecular weight excluding hydrogens is 286 g/mol. The third-order valence-electron chi connectivity index (χ3n) is 3.57. The van der Waals surface area contributed by atoms with Crippen molar-refractivity contribution in [3.8, 4) is 0 Å². The normalized spacial score (nSPS) is 18.9. The lowest BCUT2D eigenvalue weighted by Gasteiger charge is -2.15. The Morgan fingerprint density at radius 2 is 2.19 bits per heavy atom. The number of anilines is 1. The van der Waals surface area contributed by atoms with Gasteiger partial charge in [0.1, 0.15) is 0 Å². The Morgan fingerprint density at radius 1 is 1.43 bits per heavy atom. The molecular formula is C15H17N3O2S. The first-order valence-electron chi connectivity index (χ1n) is 6.91. The molecule has 2 aromatic rings. The summed E-state index contributed by atoms with van der Waals surface area (Å²) in [5, 5.41) is 13.3. The minimum Gasteiger partial charge on any atom is -0.378 e. The second kappa shape index (κ2) is 5.93. The zero-order valence-electron chi connectivity index (χ0n) is 11.5. The summed E-state index contributed by atoms with van der Waals surface area (Å²) in [6.45, 7) is 0. The van der Waals surface area contributed by atoms with E-state index in [0.717, 1.165) is 29.8 Å². The van der Waals surface area contributed by atoms with E-state index in [2.05, 4.69) is 10.3 Å². The molecule has 1 aliphatic carbocycles. The summed E-state index contributed by atoms with van der Waals surface area (Å²) in [4.78, 5) is 17.6. The maximum Gasteiger partial charge on any atom is 0.259 e. The highest BCUT2D eigenvalue weighted by molar-refractivity contribution is 7.15. The fraction of sp³-hybridized carbons (Fsp3) is 0.333. The molecule has 1 heterocycles. The van der Waals surface area contributed by atoms with Crippen molar-refractivity contribution in [1.82, 2.24) is 4.98 Å². The van der Waals surface area contributed by atoms with Crippen LogP contribution in [-0.2, 0) is 17.6 Å². The van der Waals surface area contributed by atoms with E-state index in [-0.39, 0.29) is 6.04 Å². The van der Waals surface area contributed by atoms with Crippen molar-refractivity contribution in [2.24, 2.45) is 5.73 Å². The van der Waals surface area contributed by atoms with E-state index >= 15 is 0 Å². The van der Waals surface area contributed by atoms with Gasteiger partial charge in [-0.2, -0.15) is 0 Å². The van der Waals surface area contributed by atoms with E-state index in [1.807, 2.05) is 6.07 Å². The smallest absolute Gasteiger partial charge is 0.259 e. The Bertz CT molecular complexity index is 642. The van der Waals surface area contributed by atoms with Gasteiger partial charge in [-0.05, 0) is 24.8 Å². The number of benzene rings is 1. The zero-order valence-corrected chi connectivity index (χ0v) is 12.3. The van der Waals surface area contributed by atoms with Gasteiger partial charge < -0.3 is 10.8 Å². The summed E-state index contributed by atoms with van der Waals surface area (Å²) < 4.78 is 0. The van der Waals surface area contributed by atoms with E-state index in [9.17, 15) is 9.90 Å². The summed E-state index contributed by atoms with van der Waals surface area (Å²) in [5.41, 5.74) is 7.52. The Morgan fingerprint density at radius 3 is 2.95 bits per heavy atom. The third-order valence-corrected chi connectivity index (χ3v) is 4.61. The predicted octanol–water partition coefficient (Wildman–Crippen LogP) is 1.63. The van der Waals surface area contributed by atoms with Gasteiger partial charge in [0, 0.05) is 10.9 Å². The number of carbonyl (C=O) groups is 1. The molecule has 3 rings (SSSR count). The van der Waals surface area contributed by atoms with Gasteiger partial charge in [-0.15, -0.1) is 11.3 Å². The highest BCUT2D eigenvalue weighted by Crippen LogP contribution is 2.29. The summed E-state index contributed by atoms with van der Waals surface area (Å²) in [5.74, 6) is -0.461. The topological polar surface area (TPSA) is 88.2 Å². The predicted molar refractivity (Wildman–Crippen MR) is 82.1 cm³/mol. The lowest BCUT2D eigenvalue weighted by atomic mass is 9.99. The van der Waals surface area contributed by atoms with Gasteiger partial charge in [0.05, 0.1) is 5.69 Å². The number of carbonyl (C=O) groups excluding carboxylic acids is 1. The number of aliphatic hydroxyl groups is 1. The SMILES string of the molecule is N[C@H]1CCc2nc(NC(=O)C(O)c3ccccc3)sc2C1. The molecule has 0 aliphatic heterocycles. The number of hydrogen-bond donors (Lipinski definition) is 3. The number of aliphatic hydroxyl groups excluding tert-OH is 1. The molecule has 0 bridgehead atoms. The van der Waals surface area contributed by atoms with Gasteiger partial charge in [-0.3, -0.25) is 10.1 Å². The Balaban J connectivity index is 1.71. The summed E-state index contributed by atoms with van der Waals surface area (Å²) in [7, 11) is 0. The highest BCUT2D eigenvalue weighted by Gasteiger charge is 2.23. The minimum absolute atomic E-state index is 0.177. The number of amides is 1. The minimum atomic E-state index is -1.19. The molecule has 0 saturated carbocycles. The quantitative estimate of drug-likeness (QED) is 0.804. The van der Waals surface area contributed by atoms with E-state index in [1.165, 1.54) is 11.3 Å². The summed E-state index contributed by atoms with van der Waals surface area (Å²) in [6, 6.07) is 9.03. The van der Waals surface area contributed by atoms with Gasteiger partial charge >= 0.3 is 0 Å². The third kappa shape index (κ3) is 3.12. The number of fused-ring (bicyclic) bond motifs is 1.